The maximum Gasteiger partial charge on any atom is 0.501 e. The number of fused-ring (bicyclic) bond motifs is 1. The zero-order valence-electron chi connectivity index (χ0n) is 13.1. The van der Waals surface area contributed by atoms with Gasteiger partial charge in [-0.25, -0.2) is 17.2 Å². The number of aliphatic hydroxyl groups is 1. The third kappa shape index (κ3) is 2.99. The molecule has 1 unspecified atom stereocenters. The molecule has 1 aliphatic rings. The second-order valence-corrected chi connectivity index (χ2v) is 7.98. The van der Waals surface area contributed by atoms with E-state index in [1.54, 1.807) is 30.3 Å². The Kier molecular flexibility index (Phi) is 4.35. The van der Waals surface area contributed by atoms with E-state index in [4.69, 9.17) is 0 Å². The fraction of sp³-hybridized carbons (Fsp3) is 0.294. The van der Waals surface area contributed by atoms with E-state index in [1.165, 1.54) is 0 Å². The SMILES string of the molecule is O=S(=O)(c1ccc(Cc2ccccc2)c2c1C(O)C(F)(F)C2)C(F)(F)F. The molecular weight excluding hydrogens is 379 g/mol. The van der Waals surface area contributed by atoms with Gasteiger partial charge in [0, 0.05) is 12.0 Å². The van der Waals surface area contributed by atoms with E-state index in [9.17, 15) is 35.5 Å². The highest BCUT2D eigenvalue weighted by Gasteiger charge is 2.54. The molecule has 1 aliphatic carbocycles. The third-order valence-corrected chi connectivity index (χ3v) is 5.88. The van der Waals surface area contributed by atoms with Crippen LogP contribution in [0.2, 0.25) is 0 Å². The molecule has 26 heavy (non-hydrogen) atoms. The van der Waals surface area contributed by atoms with Crippen LogP contribution >= 0.6 is 0 Å². The minimum atomic E-state index is -5.87. The lowest BCUT2D eigenvalue weighted by molar-refractivity contribution is -0.0978. The predicted octanol–water partition coefficient (Wildman–Crippen LogP) is 3.80. The van der Waals surface area contributed by atoms with Gasteiger partial charge in [-0.3, -0.25) is 0 Å². The molecule has 0 saturated carbocycles. The normalized spacial score (nSPS) is 19.4. The minimum Gasteiger partial charge on any atom is -0.382 e. The van der Waals surface area contributed by atoms with Crippen molar-refractivity contribution in [1.29, 1.82) is 0 Å². The molecule has 0 aromatic heterocycles. The molecule has 0 bridgehead atoms. The molecule has 0 radical (unpaired) electrons. The third-order valence-electron chi connectivity index (χ3n) is 4.33. The van der Waals surface area contributed by atoms with Gasteiger partial charge in [0.25, 0.3) is 15.8 Å². The Morgan fingerprint density at radius 3 is 2.27 bits per heavy atom. The van der Waals surface area contributed by atoms with Crippen molar-refractivity contribution in [3.8, 4) is 0 Å². The Morgan fingerprint density at radius 2 is 1.69 bits per heavy atom. The zero-order chi connectivity index (χ0) is 19.3. The molecule has 2 aromatic carbocycles. The first-order valence-corrected chi connectivity index (χ1v) is 8.99. The first kappa shape index (κ1) is 18.8. The average Bonchev–Trinajstić information content (AvgIpc) is 2.78. The molecule has 0 fully saturated rings. The molecule has 3 rings (SSSR count). The van der Waals surface area contributed by atoms with Crippen LogP contribution < -0.4 is 0 Å². The number of hydrogen-bond donors (Lipinski definition) is 1. The molecule has 0 spiro atoms. The molecule has 3 nitrogen and oxygen atoms in total. The van der Waals surface area contributed by atoms with Crippen molar-refractivity contribution < 1.29 is 35.5 Å². The van der Waals surface area contributed by atoms with Gasteiger partial charge >= 0.3 is 5.51 Å². The van der Waals surface area contributed by atoms with Crippen LogP contribution in [-0.4, -0.2) is 25.0 Å². The topological polar surface area (TPSA) is 54.4 Å². The van der Waals surface area contributed by atoms with Crippen LogP contribution in [0, 0.1) is 0 Å². The fourth-order valence-corrected chi connectivity index (χ4v) is 4.10. The van der Waals surface area contributed by atoms with Crippen molar-refractivity contribution >= 4 is 9.84 Å². The zero-order valence-corrected chi connectivity index (χ0v) is 13.9. The Balaban J connectivity index is 2.19. The Hall–Kier alpha value is -2.00. The van der Waals surface area contributed by atoms with Gasteiger partial charge in [-0.05, 0) is 29.2 Å². The highest BCUT2D eigenvalue weighted by atomic mass is 32.2. The number of rotatable bonds is 3. The van der Waals surface area contributed by atoms with E-state index in [-0.39, 0.29) is 17.5 Å². The molecule has 1 atom stereocenters. The van der Waals surface area contributed by atoms with E-state index in [2.05, 4.69) is 0 Å². The van der Waals surface area contributed by atoms with E-state index in [0.29, 0.717) is 11.6 Å². The summed E-state index contributed by atoms with van der Waals surface area (Å²) < 4.78 is 90.2. The number of benzene rings is 2. The van der Waals surface area contributed by atoms with E-state index >= 15 is 0 Å². The average molecular weight is 392 g/mol. The molecule has 2 aromatic rings. The van der Waals surface area contributed by atoms with Crippen LogP contribution in [0.25, 0.3) is 0 Å². The molecule has 0 aliphatic heterocycles. The second kappa shape index (κ2) is 6.02. The number of halogens is 5. The summed E-state index contributed by atoms with van der Waals surface area (Å²) in [4.78, 5) is -1.32. The highest BCUT2D eigenvalue weighted by Crippen LogP contribution is 2.49. The summed E-state index contributed by atoms with van der Waals surface area (Å²) in [6.45, 7) is 0. The summed E-state index contributed by atoms with van der Waals surface area (Å²) in [5.41, 5.74) is -5.80. The summed E-state index contributed by atoms with van der Waals surface area (Å²) in [6.07, 6.45) is -3.51. The molecule has 1 N–H and O–H groups in total. The van der Waals surface area contributed by atoms with Gasteiger partial charge in [0.15, 0.2) is 0 Å². The van der Waals surface area contributed by atoms with Crippen molar-refractivity contribution in [2.24, 2.45) is 0 Å². The lowest BCUT2D eigenvalue weighted by Crippen LogP contribution is -2.26. The maximum atomic E-state index is 14.0. The standard InChI is InChI=1S/C17H13F5O3S/c18-16(19)9-12-11(8-10-4-2-1-3-5-10)6-7-13(14(12)15(16)23)26(24,25)17(20,21)22/h1-7,15,23H,8-9H2. The minimum absolute atomic E-state index is 0.123. The monoisotopic (exact) mass is 392 g/mol. The lowest BCUT2D eigenvalue weighted by atomic mass is 9.97. The summed E-state index contributed by atoms with van der Waals surface area (Å²) in [5.74, 6) is -3.75. The van der Waals surface area contributed by atoms with Gasteiger partial charge in [0.1, 0.15) is 6.10 Å². The van der Waals surface area contributed by atoms with Gasteiger partial charge in [-0.15, -0.1) is 0 Å². The molecule has 0 amide bonds. The smallest absolute Gasteiger partial charge is 0.382 e. The first-order chi connectivity index (χ1) is 11.9. The second-order valence-electron chi connectivity index (χ2n) is 6.07. The lowest BCUT2D eigenvalue weighted by Gasteiger charge is -2.17. The maximum absolute atomic E-state index is 14.0. The first-order valence-electron chi connectivity index (χ1n) is 7.51. The number of aliphatic hydroxyl groups excluding tert-OH is 1. The van der Waals surface area contributed by atoms with Crippen LogP contribution in [0.3, 0.4) is 0 Å². The summed E-state index contributed by atoms with van der Waals surface area (Å²) in [7, 11) is -5.87. The van der Waals surface area contributed by atoms with Crippen molar-refractivity contribution in [3.05, 3.63) is 64.7 Å². The summed E-state index contributed by atoms with van der Waals surface area (Å²) >= 11 is 0. The Labute approximate surface area is 146 Å². The van der Waals surface area contributed by atoms with Crippen LogP contribution in [0.5, 0.6) is 0 Å². The fourth-order valence-electron chi connectivity index (χ4n) is 3.08. The number of sulfone groups is 1. The molecular formula is C17H13F5O3S. The predicted molar refractivity (Wildman–Crippen MR) is 82.5 cm³/mol. The molecule has 0 saturated heterocycles. The summed E-state index contributed by atoms with van der Waals surface area (Å²) in [6, 6.07) is 10.3. The van der Waals surface area contributed by atoms with Gasteiger partial charge in [0.05, 0.1) is 4.90 Å². The van der Waals surface area contributed by atoms with Gasteiger partial charge < -0.3 is 5.11 Å². The van der Waals surface area contributed by atoms with E-state index < -0.39 is 44.3 Å². The summed E-state index contributed by atoms with van der Waals surface area (Å²) in [5, 5.41) is 9.83. The largest absolute Gasteiger partial charge is 0.501 e. The van der Waals surface area contributed by atoms with Crippen molar-refractivity contribution in [1.82, 2.24) is 0 Å². The number of hydrogen-bond acceptors (Lipinski definition) is 3. The van der Waals surface area contributed by atoms with Gasteiger partial charge in [-0.1, -0.05) is 36.4 Å². The van der Waals surface area contributed by atoms with Crippen LogP contribution in [0.1, 0.15) is 28.4 Å². The van der Waals surface area contributed by atoms with E-state index in [0.717, 1.165) is 6.07 Å². The Bertz CT molecular complexity index is 937. The highest BCUT2D eigenvalue weighted by molar-refractivity contribution is 7.92. The van der Waals surface area contributed by atoms with Gasteiger partial charge in [0.2, 0.25) is 0 Å². The van der Waals surface area contributed by atoms with Gasteiger partial charge in [-0.2, -0.15) is 13.2 Å². The quantitative estimate of drug-likeness (QED) is 0.809. The van der Waals surface area contributed by atoms with Crippen molar-refractivity contribution in [3.63, 3.8) is 0 Å². The van der Waals surface area contributed by atoms with Crippen LogP contribution in [0.4, 0.5) is 22.0 Å². The number of alkyl halides is 5. The van der Waals surface area contributed by atoms with E-state index in [1.807, 2.05) is 0 Å². The van der Waals surface area contributed by atoms with Crippen molar-refractivity contribution in [2.45, 2.75) is 35.3 Å². The molecule has 0 heterocycles. The Morgan fingerprint density at radius 1 is 1.08 bits per heavy atom. The van der Waals surface area contributed by atoms with Crippen LogP contribution in [0.15, 0.2) is 47.4 Å². The molecule has 9 heteroatoms. The van der Waals surface area contributed by atoms with Crippen molar-refractivity contribution in [2.75, 3.05) is 0 Å². The molecule has 140 valence electrons. The van der Waals surface area contributed by atoms with Crippen LogP contribution in [-0.2, 0) is 22.7 Å².